The zero-order valence-corrected chi connectivity index (χ0v) is 50.2. The quantitative estimate of drug-likeness (QED) is 0.0254. The van der Waals surface area contributed by atoms with Crippen molar-refractivity contribution in [3.8, 4) is 0 Å². The number of aliphatic hydroxyl groups excluding tert-OH is 5. The van der Waals surface area contributed by atoms with E-state index in [1.807, 2.05) is 0 Å². The topological polar surface area (TPSA) is 463 Å². The van der Waals surface area contributed by atoms with Crippen LogP contribution in [0.3, 0.4) is 0 Å². The Morgan fingerprint density at radius 2 is 1.45 bits per heavy atom. The highest BCUT2D eigenvalue weighted by Crippen LogP contribution is 2.40. The molecule has 33 heteroatoms. The van der Waals surface area contributed by atoms with Crippen LogP contribution < -0.4 is 10.6 Å². The lowest BCUT2D eigenvalue weighted by atomic mass is 9.77. The van der Waals surface area contributed by atoms with E-state index in [2.05, 4.69) is 20.9 Å². The van der Waals surface area contributed by atoms with Gasteiger partial charge in [0, 0.05) is 37.0 Å². The summed E-state index contributed by atoms with van der Waals surface area (Å²) < 4.78 is 141. The fourth-order valence-electron chi connectivity index (χ4n) is 11.6. The van der Waals surface area contributed by atoms with Crippen molar-refractivity contribution >= 4 is 70.6 Å². The van der Waals surface area contributed by atoms with E-state index in [0.717, 1.165) is 32.1 Å². The van der Waals surface area contributed by atoms with Crippen molar-refractivity contribution in [3.63, 3.8) is 0 Å². The zero-order chi connectivity index (χ0) is 64.0. The molecule has 2 amide bonds. The predicted molar refractivity (Wildman–Crippen MR) is 301 cm³/mol. The first-order chi connectivity index (χ1) is 41.5. The molecule has 2 aliphatic carbocycles. The number of nitrogens with one attached hydrogen (secondary N) is 2. The largest absolute Gasteiger partial charge is 0.479 e. The molecule has 4 aromatic rings. The van der Waals surface area contributed by atoms with Crippen LogP contribution in [0.15, 0.2) is 75.5 Å². The molecule has 11 N–H and O–H groups in total. The third-order valence-corrected chi connectivity index (χ3v) is 18.7. The summed E-state index contributed by atoms with van der Waals surface area (Å²) in [4.78, 5) is 51.1. The van der Waals surface area contributed by atoms with E-state index in [1.165, 1.54) is 23.7 Å². The van der Waals surface area contributed by atoms with Crippen molar-refractivity contribution in [2.24, 2.45) is 17.8 Å². The van der Waals surface area contributed by atoms with Gasteiger partial charge in [-0.25, -0.2) is 9.59 Å². The summed E-state index contributed by atoms with van der Waals surface area (Å²) in [6.07, 6.45) is -13.3. The maximum Gasteiger partial charge on any atom is 0.338 e. The molecule has 3 aromatic carbocycles. The Hall–Kier alpha value is -5.73. The number of carbonyl (C=O) groups excluding carboxylic acids is 3. The van der Waals surface area contributed by atoms with Gasteiger partial charge < -0.3 is 69.7 Å². The number of rotatable bonds is 25. The number of hydrogen-bond donors (Lipinski definition) is 11. The molecule has 2 saturated heterocycles. The van der Waals surface area contributed by atoms with Gasteiger partial charge in [-0.1, -0.05) is 62.4 Å². The van der Waals surface area contributed by atoms with Gasteiger partial charge in [0.15, 0.2) is 24.8 Å². The first-order valence-corrected chi connectivity index (χ1v) is 32.9. The van der Waals surface area contributed by atoms with Gasteiger partial charge in [-0.05, 0) is 99.1 Å². The molecule has 3 heterocycles. The fraction of sp³-hybridized carbons (Fsp3) is 0.600. The lowest BCUT2D eigenvalue weighted by Crippen LogP contribution is -2.64. The highest BCUT2D eigenvalue weighted by molar-refractivity contribution is 7.87. The first-order valence-electron chi connectivity index (χ1n) is 28.6. The lowest BCUT2D eigenvalue weighted by molar-refractivity contribution is -0.349. The number of amides is 2. The number of aliphatic carboxylic acids is 1. The number of carboxylic acid groups (broad SMARTS) is 1. The maximum atomic E-state index is 14.2. The van der Waals surface area contributed by atoms with Crippen molar-refractivity contribution in [1.82, 2.24) is 20.3 Å². The number of carboxylic acids is 1. The average Bonchev–Trinajstić information content (AvgIpc) is 3.82. The summed E-state index contributed by atoms with van der Waals surface area (Å²) in [5.74, 6) is -4.96. The van der Waals surface area contributed by atoms with Crippen LogP contribution in [0.2, 0.25) is 0 Å². The van der Waals surface area contributed by atoms with Gasteiger partial charge in [-0.3, -0.25) is 27.9 Å². The highest BCUT2D eigenvalue weighted by Gasteiger charge is 2.54. The van der Waals surface area contributed by atoms with E-state index in [-0.39, 0.29) is 56.7 Å². The SMILES string of the molecule is CC1CC(C(=O)NCCCc2cn(CCCC(=O)Nc3cc(S(=O)(=O)O)cc4cc(S(=O)(=O)O)cc(S(=O)(=O)O)c34)nn2)CC(OC2OC(CO)C(O)C(O[C@@H](CC3CCCCC3)C(=O)O)C2OC(=O)c2ccccc2)C1OC1OC(C)C(O)C(O)C1O. The summed E-state index contributed by atoms with van der Waals surface area (Å²) >= 11 is 0. The van der Waals surface area contributed by atoms with Crippen molar-refractivity contribution in [1.29, 1.82) is 0 Å². The minimum absolute atomic E-state index is 0.0212. The molecule has 8 rings (SSSR count). The molecule has 88 heavy (non-hydrogen) atoms. The Bertz CT molecular complexity index is 3460. The number of fused-ring (bicyclic) bond motifs is 1. The Morgan fingerprint density at radius 3 is 2.10 bits per heavy atom. The number of nitrogens with zero attached hydrogens (tertiary/aromatic N) is 3. The monoisotopic (exact) mass is 1300 g/mol. The average molecular weight is 1300 g/mol. The molecule has 30 nitrogen and oxygen atoms in total. The van der Waals surface area contributed by atoms with E-state index in [9.17, 15) is 88.7 Å². The van der Waals surface area contributed by atoms with E-state index >= 15 is 0 Å². The standard InChI is InChI=1S/C55H73N5O25S3/c1-28-19-33(51(67)56-17-9-15-34-26-60(59-58-34)18-10-16-42(62)57-37-24-35(86(71,72)73)21-32-22-36(87(74,75)76)25-41(43(32)37)88(77,78)79)23-38(48(28)85-54-47(66)46(65)44(63)29(2)80-54)82-55-50(84-53(70)31-13-7-4-8-14-31)49(45(64)40(27-61)83-55)81-39(52(68)69)20-30-11-5-3-6-12-30/h4,7-8,13-14,21-22,24-26,28-30,33,38-40,44-50,54-55,61,63-66H,3,5-6,9-12,15-20,23,27H2,1-2H3,(H,56,67)(H,57,62)(H,68,69)(H,71,72,73)(H,74,75,76)(H,77,78,79)/t28?,29?,33?,38?,39-,40?,44?,45?,46?,47?,48?,49?,50?,54?,55?/m0/s1. The van der Waals surface area contributed by atoms with Crippen LogP contribution in [0.4, 0.5) is 5.69 Å². The van der Waals surface area contributed by atoms with Crippen molar-refractivity contribution < 1.29 is 117 Å². The molecular weight excluding hydrogens is 1230 g/mol. The molecule has 486 valence electrons. The molecule has 15 atom stereocenters. The smallest absolute Gasteiger partial charge is 0.338 e. The summed E-state index contributed by atoms with van der Waals surface area (Å²) in [6, 6.07) is 10.2. The molecule has 0 bridgehead atoms. The van der Waals surface area contributed by atoms with Crippen LogP contribution in [0.1, 0.15) is 101 Å². The second kappa shape index (κ2) is 29.0. The number of benzene rings is 3. The zero-order valence-electron chi connectivity index (χ0n) is 47.7. The van der Waals surface area contributed by atoms with Crippen LogP contribution in [0.25, 0.3) is 10.8 Å². The third-order valence-electron chi connectivity index (χ3n) is 16.2. The van der Waals surface area contributed by atoms with Crippen molar-refractivity contribution in [2.45, 2.75) is 192 Å². The Labute approximate surface area is 506 Å². The predicted octanol–water partition coefficient (Wildman–Crippen LogP) is 1.40. The number of hydrogen-bond acceptors (Lipinski definition) is 23. The molecular formula is C55H73N5O25S3. The molecule has 4 fully saturated rings. The van der Waals surface area contributed by atoms with Gasteiger partial charge in [0.2, 0.25) is 11.8 Å². The van der Waals surface area contributed by atoms with Gasteiger partial charge in [-0.2, -0.15) is 25.3 Å². The summed E-state index contributed by atoms with van der Waals surface area (Å²) in [5, 5.41) is 77.5. The van der Waals surface area contributed by atoms with Crippen molar-refractivity contribution in [3.05, 3.63) is 72.1 Å². The molecule has 0 radical (unpaired) electrons. The number of aliphatic hydroxyl groups is 5. The lowest BCUT2D eigenvalue weighted by Gasteiger charge is -2.48. The molecule has 1 aromatic heterocycles. The van der Waals surface area contributed by atoms with E-state index < -0.39 is 183 Å². The maximum absolute atomic E-state index is 14.2. The number of ether oxygens (including phenoxy) is 6. The number of aryl methyl sites for hydroxylation is 2. The van der Waals surface area contributed by atoms with Crippen LogP contribution >= 0.6 is 0 Å². The summed E-state index contributed by atoms with van der Waals surface area (Å²) in [6.45, 7) is 2.57. The van der Waals surface area contributed by atoms with Crippen LogP contribution in [-0.4, -0.2) is 201 Å². The Morgan fingerprint density at radius 1 is 0.773 bits per heavy atom. The number of anilines is 1. The van der Waals surface area contributed by atoms with Crippen molar-refractivity contribution in [2.75, 3.05) is 18.5 Å². The Kier molecular flexibility index (Phi) is 22.5. The van der Waals surface area contributed by atoms with Gasteiger partial charge in [-0.15, -0.1) is 5.10 Å². The third kappa shape index (κ3) is 17.0. The first kappa shape index (κ1) is 68.2. The van der Waals surface area contributed by atoms with Gasteiger partial charge in [0.05, 0.1) is 51.7 Å². The van der Waals surface area contributed by atoms with E-state index in [4.69, 9.17) is 28.4 Å². The normalized spacial score (nSPS) is 28.6. The van der Waals surface area contributed by atoms with Gasteiger partial charge in [0.1, 0.15) is 41.5 Å². The summed E-state index contributed by atoms with van der Waals surface area (Å²) in [5.41, 5.74) is 0.00868. The number of carbonyl (C=O) groups is 4. The molecule has 2 aliphatic heterocycles. The summed E-state index contributed by atoms with van der Waals surface area (Å²) in [7, 11) is -15.4. The Balaban J connectivity index is 0.938. The van der Waals surface area contributed by atoms with Gasteiger partial charge in [0.25, 0.3) is 30.4 Å². The second-order valence-corrected chi connectivity index (χ2v) is 26.9. The second-order valence-electron chi connectivity index (χ2n) is 22.7. The molecule has 4 aliphatic rings. The van der Waals surface area contributed by atoms with Gasteiger partial charge >= 0.3 is 11.9 Å². The van der Waals surface area contributed by atoms with Crippen LogP contribution in [0, 0.1) is 17.8 Å². The number of aromatic nitrogens is 3. The van der Waals surface area contributed by atoms with Crippen LogP contribution in [0.5, 0.6) is 0 Å². The van der Waals surface area contributed by atoms with Crippen LogP contribution in [-0.2, 0) is 86.1 Å². The molecule has 2 saturated carbocycles. The fourth-order valence-corrected chi connectivity index (χ4v) is 13.6. The molecule has 0 spiro atoms. The van der Waals surface area contributed by atoms with E-state index in [1.54, 1.807) is 31.3 Å². The minimum Gasteiger partial charge on any atom is -0.479 e. The minimum atomic E-state index is -5.28. The van der Waals surface area contributed by atoms with E-state index in [0.29, 0.717) is 42.8 Å². The number of esters is 1. The highest BCUT2D eigenvalue weighted by atomic mass is 32.2. The molecule has 14 unspecified atom stereocenters.